The number of hydrogen-bond acceptors (Lipinski definition) is 4. The van der Waals surface area contributed by atoms with Crippen molar-refractivity contribution >= 4 is 0 Å². The molecule has 1 saturated carbocycles. The zero-order valence-electron chi connectivity index (χ0n) is 14.3. The number of nitrogens with one attached hydrogen (secondary N) is 1. The largest absolute Gasteiger partial charge is 0.381 e. The van der Waals surface area contributed by atoms with Crippen LogP contribution < -0.4 is 5.32 Å². The van der Waals surface area contributed by atoms with Crippen LogP contribution in [-0.2, 0) is 23.9 Å². The summed E-state index contributed by atoms with van der Waals surface area (Å²) in [4.78, 5) is 0. The molecule has 2 fully saturated rings. The predicted octanol–water partition coefficient (Wildman–Crippen LogP) is 2.77. The number of nitrogens with zero attached hydrogens (tertiary/aromatic N) is 3. The summed E-state index contributed by atoms with van der Waals surface area (Å²) in [6.45, 7) is 1.55. The normalized spacial score (nSPS) is 20.0. The fraction of sp³-hybridized carbons (Fsp3) is 0.556. The van der Waals surface area contributed by atoms with Gasteiger partial charge in [0, 0.05) is 37.8 Å². The standard InChI is InChI=1S/C18H22F2N4O/c1-24-16(22-23-17(24)12-2-3-12)11-21-18(6-8-25-9-7-18)14-5-4-13(19)10-15(14)20/h4-5,10,12,21H,2-3,6-9,11H2,1H3. The minimum Gasteiger partial charge on any atom is -0.381 e. The van der Waals surface area contributed by atoms with Gasteiger partial charge >= 0.3 is 0 Å². The van der Waals surface area contributed by atoms with Crippen LogP contribution in [0.1, 0.15) is 48.8 Å². The van der Waals surface area contributed by atoms with Crippen LogP contribution in [0.2, 0.25) is 0 Å². The molecule has 1 saturated heterocycles. The monoisotopic (exact) mass is 348 g/mol. The summed E-state index contributed by atoms with van der Waals surface area (Å²) in [5.74, 6) is 1.29. The van der Waals surface area contributed by atoms with Gasteiger partial charge in [0.15, 0.2) is 0 Å². The second-order valence-electron chi connectivity index (χ2n) is 6.98. The maximum absolute atomic E-state index is 14.4. The first-order valence-electron chi connectivity index (χ1n) is 8.75. The van der Waals surface area contributed by atoms with E-state index in [1.54, 1.807) is 0 Å². The van der Waals surface area contributed by atoms with Gasteiger partial charge in [-0.3, -0.25) is 0 Å². The molecule has 2 heterocycles. The molecule has 1 aromatic heterocycles. The van der Waals surface area contributed by atoms with Crippen molar-refractivity contribution in [1.82, 2.24) is 20.1 Å². The average Bonchev–Trinajstić information content (AvgIpc) is 3.37. The van der Waals surface area contributed by atoms with E-state index in [1.165, 1.54) is 25.0 Å². The highest BCUT2D eigenvalue weighted by molar-refractivity contribution is 5.28. The average molecular weight is 348 g/mol. The second-order valence-corrected chi connectivity index (χ2v) is 6.98. The van der Waals surface area contributed by atoms with Gasteiger partial charge in [-0.15, -0.1) is 10.2 Å². The van der Waals surface area contributed by atoms with Crippen molar-refractivity contribution in [2.45, 2.75) is 43.7 Å². The van der Waals surface area contributed by atoms with E-state index in [9.17, 15) is 8.78 Å². The van der Waals surface area contributed by atoms with Crippen LogP contribution in [0.15, 0.2) is 18.2 Å². The molecule has 2 aliphatic rings. The summed E-state index contributed by atoms with van der Waals surface area (Å²) in [5.41, 5.74) is -0.0939. The van der Waals surface area contributed by atoms with Crippen molar-refractivity contribution in [2.24, 2.45) is 7.05 Å². The highest BCUT2D eigenvalue weighted by Crippen LogP contribution is 2.39. The Morgan fingerprint density at radius 1 is 1.24 bits per heavy atom. The minimum absolute atomic E-state index is 0.479. The lowest BCUT2D eigenvalue weighted by Gasteiger charge is -2.38. The van der Waals surface area contributed by atoms with Gasteiger partial charge in [0.1, 0.15) is 23.3 Å². The maximum Gasteiger partial charge on any atom is 0.146 e. The number of benzene rings is 1. The number of halogens is 2. The molecule has 4 rings (SSSR count). The fourth-order valence-corrected chi connectivity index (χ4v) is 3.61. The zero-order chi connectivity index (χ0) is 17.4. The molecule has 7 heteroatoms. The molecular formula is C18H22F2N4O. The van der Waals surface area contributed by atoms with Crippen molar-refractivity contribution in [3.8, 4) is 0 Å². The van der Waals surface area contributed by atoms with Gasteiger partial charge in [-0.2, -0.15) is 0 Å². The van der Waals surface area contributed by atoms with E-state index in [4.69, 9.17) is 4.74 Å². The number of ether oxygens (including phenoxy) is 1. The molecule has 0 unspecified atom stereocenters. The third kappa shape index (κ3) is 3.18. The van der Waals surface area contributed by atoms with E-state index in [0.29, 0.717) is 44.1 Å². The van der Waals surface area contributed by atoms with Gasteiger partial charge in [0.2, 0.25) is 0 Å². The Morgan fingerprint density at radius 2 is 2.00 bits per heavy atom. The summed E-state index contributed by atoms with van der Waals surface area (Å²) >= 11 is 0. The third-order valence-corrected chi connectivity index (χ3v) is 5.32. The predicted molar refractivity (Wildman–Crippen MR) is 87.9 cm³/mol. The molecule has 0 atom stereocenters. The topological polar surface area (TPSA) is 52.0 Å². The van der Waals surface area contributed by atoms with Crippen LogP contribution in [0.3, 0.4) is 0 Å². The van der Waals surface area contributed by atoms with Gasteiger partial charge in [0.05, 0.1) is 12.1 Å². The summed E-state index contributed by atoms with van der Waals surface area (Å²) in [5, 5.41) is 12.1. The summed E-state index contributed by atoms with van der Waals surface area (Å²) < 4.78 is 35.3. The Morgan fingerprint density at radius 3 is 2.68 bits per heavy atom. The number of aromatic nitrogens is 3. The lowest BCUT2D eigenvalue weighted by atomic mass is 9.82. The van der Waals surface area contributed by atoms with E-state index in [0.717, 1.165) is 17.7 Å². The summed E-state index contributed by atoms with van der Waals surface area (Å²) in [6.07, 6.45) is 3.59. The van der Waals surface area contributed by atoms with Crippen LogP contribution in [0.4, 0.5) is 8.78 Å². The van der Waals surface area contributed by atoms with Crippen LogP contribution in [-0.4, -0.2) is 28.0 Å². The SMILES string of the molecule is Cn1c(CNC2(c3ccc(F)cc3F)CCOCC2)nnc1C1CC1. The molecule has 0 radical (unpaired) electrons. The molecule has 1 aliphatic carbocycles. The molecule has 0 spiro atoms. The van der Waals surface area contributed by atoms with Crippen LogP contribution >= 0.6 is 0 Å². The second kappa shape index (κ2) is 6.46. The fourth-order valence-electron chi connectivity index (χ4n) is 3.61. The van der Waals surface area contributed by atoms with E-state index >= 15 is 0 Å². The van der Waals surface area contributed by atoms with E-state index in [-0.39, 0.29) is 0 Å². The van der Waals surface area contributed by atoms with Gasteiger partial charge in [-0.1, -0.05) is 6.07 Å². The van der Waals surface area contributed by atoms with E-state index in [2.05, 4.69) is 15.5 Å². The van der Waals surface area contributed by atoms with E-state index in [1.807, 2.05) is 11.6 Å². The van der Waals surface area contributed by atoms with Gasteiger partial charge in [0.25, 0.3) is 0 Å². The molecule has 5 nitrogen and oxygen atoms in total. The highest BCUT2D eigenvalue weighted by atomic mass is 19.1. The Bertz CT molecular complexity index is 766. The van der Waals surface area contributed by atoms with Crippen molar-refractivity contribution in [3.63, 3.8) is 0 Å². The van der Waals surface area contributed by atoms with Crippen molar-refractivity contribution in [1.29, 1.82) is 0 Å². The number of hydrogen-bond donors (Lipinski definition) is 1. The first-order chi connectivity index (χ1) is 12.1. The zero-order valence-corrected chi connectivity index (χ0v) is 14.3. The Labute approximate surface area is 145 Å². The first-order valence-corrected chi connectivity index (χ1v) is 8.75. The Balaban J connectivity index is 1.59. The molecule has 1 N–H and O–H groups in total. The molecular weight excluding hydrogens is 326 g/mol. The molecule has 0 bridgehead atoms. The third-order valence-electron chi connectivity index (χ3n) is 5.32. The summed E-state index contributed by atoms with van der Waals surface area (Å²) in [6, 6.07) is 3.79. The van der Waals surface area contributed by atoms with E-state index < -0.39 is 17.2 Å². The van der Waals surface area contributed by atoms with Gasteiger partial charge in [-0.25, -0.2) is 8.78 Å². The molecule has 0 amide bonds. The first kappa shape index (κ1) is 16.6. The highest BCUT2D eigenvalue weighted by Gasteiger charge is 2.37. The molecule has 25 heavy (non-hydrogen) atoms. The van der Waals surface area contributed by atoms with Crippen LogP contribution in [0.5, 0.6) is 0 Å². The molecule has 2 aromatic rings. The molecule has 1 aliphatic heterocycles. The summed E-state index contributed by atoms with van der Waals surface area (Å²) in [7, 11) is 1.97. The quantitative estimate of drug-likeness (QED) is 0.903. The van der Waals surface area contributed by atoms with Crippen molar-refractivity contribution in [3.05, 3.63) is 47.0 Å². The lowest BCUT2D eigenvalue weighted by Crippen LogP contribution is -2.47. The smallest absolute Gasteiger partial charge is 0.146 e. The lowest BCUT2D eigenvalue weighted by molar-refractivity contribution is 0.0339. The Hall–Kier alpha value is -1.86. The van der Waals surface area contributed by atoms with Crippen molar-refractivity contribution < 1.29 is 13.5 Å². The van der Waals surface area contributed by atoms with Gasteiger partial charge < -0.3 is 14.6 Å². The maximum atomic E-state index is 14.4. The van der Waals surface area contributed by atoms with Crippen molar-refractivity contribution in [2.75, 3.05) is 13.2 Å². The minimum atomic E-state index is -0.582. The Kier molecular flexibility index (Phi) is 4.29. The molecule has 1 aromatic carbocycles. The number of rotatable bonds is 5. The van der Waals surface area contributed by atoms with Crippen LogP contribution in [0.25, 0.3) is 0 Å². The van der Waals surface area contributed by atoms with Gasteiger partial charge in [-0.05, 0) is 31.7 Å². The van der Waals surface area contributed by atoms with Crippen LogP contribution in [0, 0.1) is 11.6 Å². The molecule has 134 valence electrons.